The van der Waals surface area contributed by atoms with Crippen molar-refractivity contribution in [3.63, 3.8) is 0 Å². The van der Waals surface area contributed by atoms with Crippen LogP contribution >= 0.6 is 7.82 Å². The fraction of sp³-hybridized carbons (Fsp3) is 0.812. The third kappa shape index (κ3) is 73.0. The van der Waals surface area contributed by atoms with Crippen LogP contribution < -0.4 is 10.2 Å². The van der Waals surface area contributed by atoms with Crippen LogP contribution in [-0.4, -0.2) is 68.5 Å². The number of hydrogen-bond donors (Lipinski definition) is 2. The zero-order valence-corrected chi connectivity index (χ0v) is 60.5. The van der Waals surface area contributed by atoms with Gasteiger partial charge in [0.1, 0.15) is 13.2 Å². The first-order valence-electron chi connectivity index (χ1n) is 38.4. The molecule has 0 saturated heterocycles. The van der Waals surface area contributed by atoms with Crippen molar-refractivity contribution in [1.29, 1.82) is 0 Å². The molecule has 0 fully saturated rings. The van der Waals surface area contributed by atoms with E-state index in [1.165, 1.54) is 276 Å². The van der Waals surface area contributed by atoms with Gasteiger partial charge in [0, 0.05) is 6.42 Å². The Morgan fingerprint density at radius 1 is 0.404 bits per heavy atom. The number of phosphoric ester groups is 1. The monoisotopic (exact) mass is 1270 g/mol. The topological polar surface area (TPSA) is 108 Å². The molecule has 9 heteroatoms. The zero-order valence-electron chi connectivity index (χ0n) is 59.6. The van der Waals surface area contributed by atoms with Crippen LogP contribution in [0, 0.1) is 0 Å². The normalized spacial score (nSPS) is 14.0. The van der Waals surface area contributed by atoms with Gasteiger partial charge in [-0.3, -0.25) is 9.36 Å². The van der Waals surface area contributed by atoms with E-state index in [0.717, 1.165) is 70.6 Å². The molecule has 0 bridgehead atoms. The van der Waals surface area contributed by atoms with E-state index in [2.05, 4.69) is 92.1 Å². The Hall–Kier alpha value is -2.32. The first-order valence-corrected chi connectivity index (χ1v) is 39.9. The number of nitrogens with zero attached hydrogens (tertiary/aromatic N) is 1. The van der Waals surface area contributed by atoms with Crippen LogP contribution in [0.2, 0.25) is 0 Å². The predicted molar refractivity (Wildman–Crippen MR) is 390 cm³/mol. The van der Waals surface area contributed by atoms with Crippen LogP contribution in [0.1, 0.15) is 367 Å². The molecule has 520 valence electrons. The summed E-state index contributed by atoms with van der Waals surface area (Å²) in [4.78, 5) is 25.7. The lowest BCUT2D eigenvalue weighted by Gasteiger charge is -2.29. The van der Waals surface area contributed by atoms with Gasteiger partial charge in [-0.1, -0.05) is 362 Å². The predicted octanol–water partition coefficient (Wildman–Crippen LogP) is 24.4. The molecular formula is C80H149N2O6P. The number of phosphoric acid groups is 1. The molecule has 0 aromatic rings. The average Bonchev–Trinajstić information content (AvgIpc) is 3.57. The Morgan fingerprint density at radius 3 is 1.04 bits per heavy atom. The molecule has 0 aromatic heterocycles. The Morgan fingerprint density at radius 2 is 0.697 bits per heavy atom. The van der Waals surface area contributed by atoms with Gasteiger partial charge in [0.05, 0.1) is 39.9 Å². The minimum atomic E-state index is -4.62. The van der Waals surface area contributed by atoms with Crippen LogP contribution in [0.15, 0.2) is 85.1 Å². The highest BCUT2D eigenvalue weighted by molar-refractivity contribution is 7.45. The van der Waals surface area contributed by atoms with E-state index in [-0.39, 0.29) is 12.5 Å². The fourth-order valence-corrected chi connectivity index (χ4v) is 12.1. The molecule has 1 amide bonds. The summed E-state index contributed by atoms with van der Waals surface area (Å²) in [6.45, 7) is 4.55. The maximum atomic E-state index is 13.1. The highest BCUT2D eigenvalue weighted by atomic mass is 31.2. The summed E-state index contributed by atoms with van der Waals surface area (Å²) in [6.07, 6.45) is 100. The van der Waals surface area contributed by atoms with Gasteiger partial charge >= 0.3 is 0 Å². The number of aliphatic hydroxyl groups excluding tert-OH is 1. The molecule has 89 heavy (non-hydrogen) atoms. The molecule has 3 unspecified atom stereocenters. The fourth-order valence-electron chi connectivity index (χ4n) is 11.4. The third-order valence-electron chi connectivity index (χ3n) is 17.3. The van der Waals surface area contributed by atoms with Gasteiger partial charge < -0.3 is 28.8 Å². The summed E-state index contributed by atoms with van der Waals surface area (Å²) in [5.74, 6) is -0.206. The van der Waals surface area contributed by atoms with Crippen molar-refractivity contribution in [1.82, 2.24) is 5.32 Å². The number of allylic oxidation sites excluding steroid dienone is 13. The van der Waals surface area contributed by atoms with Crippen molar-refractivity contribution < 1.29 is 32.9 Å². The van der Waals surface area contributed by atoms with E-state index in [9.17, 15) is 19.4 Å². The zero-order chi connectivity index (χ0) is 64.8. The number of hydrogen-bond acceptors (Lipinski definition) is 6. The summed E-state index contributed by atoms with van der Waals surface area (Å²) in [5, 5.41) is 14.0. The van der Waals surface area contributed by atoms with E-state index >= 15 is 0 Å². The summed E-state index contributed by atoms with van der Waals surface area (Å²) < 4.78 is 23.5. The summed E-state index contributed by atoms with van der Waals surface area (Å²) in [5.41, 5.74) is 0. The molecule has 0 heterocycles. The highest BCUT2D eigenvalue weighted by Gasteiger charge is 2.23. The Bertz CT molecular complexity index is 1730. The van der Waals surface area contributed by atoms with Crippen molar-refractivity contribution in [3.8, 4) is 0 Å². The molecule has 0 aliphatic rings. The van der Waals surface area contributed by atoms with Crippen molar-refractivity contribution in [2.75, 3.05) is 40.9 Å². The number of quaternary nitrogens is 1. The number of likely N-dealkylation sites (N-methyl/N-ethyl adjacent to an activating group) is 1. The third-order valence-corrected chi connectivity index (χ3v) is 18.3. The van der Waals surface area contributed by atoms with E-state index < -0.39 is 26.6 Å². The second-order valence-electron chi connectivity index (χ2n) is 27.3. The Kier molecular flexibility index (Phi) is 68.2. The van der Waals surface area contributed by atoms with E-state index in [1.54, 1.807) is 6.08 Å². The van der Waals surface area contributed by atoms with E-state index in [0.29, 0.717) is 17.4 Å². The van der Waals surface area contributed by atoms with Gasteiger partial charge in [-0.2, -0.15) is 0 Å². The molecule has 0 aliphatic heterocycles. The van der Waals surface area contributed by atoms with Crippen molar-refractivity contribution in [2.24, 2.45) is 0 Å². The van der Waals surface area contributed by atoms with Crippen molar-refractivity contribution in [3.05, 3.63) is 85.1 Å². The minimum Gasteiger partial charge on any atom is -0.756 e. The number of amides is 1. The highest BCUT2D eigenvalue weighted by Crippen LogP contribution is 2.38. The standard InChI is InChI=1S/C80H149N2O6P/c1-6-8-10-12-14-16-18-20-22-24-26-28-30-32-34-36-38-39-40-41-42-43-44-46-48-50-52-54-56-58-60-62-64-66-68-70-72-74-80(84)81-78(77-88-89(85,86)87-76-75-82(3,4)5)79(83)73-71-69-67-65-63-61-59-57-55-53-51-49-47-45-37-35-33-31-29-27-25-23-21-19-17-15-13-11-9-7-2/h8,10,14,16,20,22,26,28,55,57,63,65,71,73,78-79,83H,6-7,9,11-13,15,17-19,21,23-25,27,29-54,56,58-62,64,66-70,72,74-77H2,1-5H3,(H-,81,84,85,86)/b10-8-,16-14-,22-20-,28-26-,57-55+,65-63+,73-71+. The maximum absolute atomic E-state index is 13.1. The lowest BCUT2D eigenvalue weighted by atomic mass is 10.0. The van der Waals surface area contributed by atoms with Crippen LogP contribution in [0.25, 0.3) is 0 Å². The van der Waals surface area contributed by atoms with Crippen LogP contribution in [0.5, 0.6) is 0 Å². The van der Waals surface area contributed by atoms with Crippen LogP contribution in [-0.2, 0) is 18.4 Å². The Balaban J connectivity index is 4.03. The van der Waals surface area contributed by atoms with Crippen molar-refractivity contribution >= 4 is 13.7 Å². The summed E-state index contributed by atoms with van der Waals surface area (Å²) in [7, 11) is 1.25. The second kappa shape index (κ2) is 70.0. The van der Waals surface area contributed by atoms with Gasteiger partial charge in [0.2, 0.25) is 5.91 Å². The van der Waals surface area contributed by atoms with Crippen LogP contribution in [0.4, 0.5) is 0 Å². The first-order chi connectivity index (χ1) is 43.5. The molecule has 0 spiro atoms. The molecule has 0 radical (unpaired) electrons. The van der Waals surface area contributed by atoms with Gasteiger partial charge in [-0.15, -0.1) is 0 Å². The van der Waals surface area contributed by atoms with E-state index in [1.807, 2.05) is 27.2 Å². The SMILES string of the molecule is CC/C=C\C/C=C\C/C=C\C/C=C\CCCCCCCCCCCCCCCCCCCCCCCCCCC(=O)NC(COP(=O)([O-])OCC[N+](C)(C)C)C(O)/C=C/CC/C=C/CC/C=C/CCCCCCCCCCCCCCCCCCCCCC. The molecule has 2 N–H and O–H groups in total. The number of unbranched alkanes of at least 4 members (excludes halogenated alkanes) is 46. The van der Waals surface area contributed by atoms with Gasteiger partial charge in [0.15, 0.2) is 0 Å². The first kappa shape index (κ1) is 86.7. The Labute approximate surface area is 554 Å². The molecule has 0 aromatic carbocycles. The molecule has 0 aliphatic carbocycles. The number of rotatable bonds is 71. The average molecular weight is 1270 g/mol. The van der Waals surface area contributed by atoms with Gasteiger partial charge in [-0.25, -0.2) is 0 Å². The molecular weight excluding hydrogens is 1120 g/mol. The largest absolute Gasteiger partial charge is 0.756 e. The molecule has 3 atom stereocenters. The lowest BCUT2D eigenvalue weighted by molar-refractivity contribution is -0.870. The quantitative estimate of drug-likeness (QED) is 0.0272. The smallest absolute Gasteiger partial charge is 0.268 e. The maximum Gasteiger partial charge on any atom is 0.268 e. The van der Waals surface area contributed by atoms with Crippen LogP contribution in [0.3, 0.4) is 0 Å². The number of nitrogens with one attached hydrogen (secondary N) is 1. The number of carbonyl (C=O) groups is 1. The van der Waals surface area contributed by atoms with E-state index in [4.69, 9.17) is 9.05 Å². The minimum absolute atomic E-state index is 0.00949. The van der Waals surface area contributed by atoms with Gasteiger partial charge in [0.25, 0.3) is 7.82 Å². The molecule has 0 rings (SSSR count). The summed E-state index contributed by atoms with van der Waals surface area (Å²) >= 11 is 0. The summed E-state index contributed by atoms with van der Waals surface area (Å²) in [6, 6.07) is -0.914. The van der Waals surface area contributed by atoms with Gasteiger partial charge in [-0.05, 0) is 83.5 Å². The molecule has 0 saturated carbocycles. The van der Waals surface area contributed by atoms with Crippen molar-refractivity contribution in [2.45, 2.75) is 379 Å². The number of carbonyl (C=O) groups excluding carboxylic acids is 1. The molecule has 8 nitrogen and oxygen atoms in total. The lowest BCUT2D eigenvalue weighted by Crippen LogP contribution is -2.45. The second-order valence-corrected chi connectivity index (χ2v) is 28.7. The number of aliphatic hydroxyl groups is 1.